The van der Waals surface area contributed by atoms with Crippen molar-refractivity contribution >= 4 is 5.91 Å². The van der Waals surface area contributed by atoms with Gasteiger partial charge in [-0.3, -0.25) is 4.79 Å². The number of aliphatic hydroxyl groups is 1. The molecule has 4 nitrogen and oxygen atoms in total. The molecule has 1 aromatic carbocycles. The van der Waals surface area contributed by atoms with Gasteiger partial charge in [0.05, 0.1) is 6.10 Å². The van der Waals surface area contributed by atoms with Crippen molar-refractivity contribution < 1.29 is 14.6 Å². The van der Waals surface area contributed by atoms with Gasteiger partial charge in [0.25, 0.3) is 0 Å². The van der Waals surface area contributed by atoms with Gasteiger partial charge in [-0.05, 0) is 31.5 Å². The summed E-state index contributed by atoms with van der Waals surface area (Å²) in [4.78, 5) is 13.6. The van der Waals surface area contributed by atoms with Gasteiger partial charge in [-0.15, -0.1) is 0 Å². The molecule has 0 spiro atoms. The van der Waals surface area contributed by atoms with Crippen LogP contribution in [0.4, 0.5) is 0 Å². The Kier molecular flexibility index (Phi) is 4.43. The van der Waals surface area contributed by atoms with E-state index in [2.05, 4.69) is 0 Å². The maximum atomic E-state index is 11.8. The summed E-state index contributed by atoms with van der Waals surface area (Å²) < 4.78 is 5.58. The van der Waals surface area contributed by atoms with Crippen molar-refractivity contribution in [3.63, 3.8) is 0 Å². The Labute approximate surface area is 114 Å². The van der Waals surface area contributed by atoms with Crippen molar-refractivity contribution in [3.8, 4) is 5.75 Å². The number of carbonyl (C=O) groups is 1. The van der Waals surface area contributed by atoms with Crippen LogP contribution in [0.1, 0.15) is 25.8 Å². The first-order valence-electron chi connectivity index (χ1n) is 6.72. The molecule has 19 heavy (non-hydrogen) atoms. The molecular formula is C15H21NO3. The van der Waals surface area contributed by atoms with Crippen molar-refractivity contribution in [1.82, 2.24) is 4.90 Å². The maximum absolute atomic E-state index is 11.8. The molecule has 2 rings (SSSR count). The average molecular weight is 263 g/mol. The minimum absolute atomic E-state index is 0.0867. The van der Waals surface area contributed by atoms with E-state index in [-0.39, 0.29) is 24.5 Å². The van der Waals surface area contributed by atoms with Gasteiger partial charge in [-0.1, -0.05) is 12.1 Å². The summed E-state index contributed by atoms with van der Waals surface area (Å²) in [6, 6.07) is 7.83. The molecule has 1 heterocycles. The molecule has 1 N–H and O–H groups in total. The number of hydrogen-bond acceptors (Lipinski definition) is 3. The molecule has 1 aliphatic rings. The van der Waals surface area contributed by atoms with Gasteiger partial charge in [0.1, 0.15) is 5.75 Å². The lowest BCUT2D eigenvalue weighted by Gasteiger charge is -2.17. The molecule has 1 aliphatic heterocycles. The normalized spacial score (nSPS) is 19.3. The summed E-state index contributed by atoms with van der Waals surface area (Å²) in [7, 11) is 0. The van der Waals surface area contributed by atoms with Crippen LogP contribution in [0, 0.1) is 5.92 Å². The Hall–Kier alpha value is -1.55. The summed E-state index contributed by atoms with van der Waals surface area (Å²) in [5, 5.41) is 9.09. The Bertz CT molecular complexity index is 428. The fourth-order valence-electron chi connectivity index (χ4n) is 2.30. The highest BCUT2D eigenvalue weighted by atomic mass is 16.5. The van der Waals surface area contributed by atoms with Crippen LogP contribution in [0.2, 0.25) is 0 Å². The molecule has 1 amide bonds. The second kappa shape index (κ2) is 6.06. The third kappa shape index (κ3) is 3.70. The molecule has 104 valence electrons. The quantitative estimate of drug-likeness (QED) is 0.881. The van der Waals surface area contributed by atoms with Crippen LogP contribution in [0.15, 0.2) is 24.3 Å². The zero-order valence-electron chi connectivity index (χ0n) is 11.5. The standard InChI is InChI=1S/C15H21NO3/c1-11(2)19-14-5-3-12(4-6-14)8-16-9-13(10-17)7-15(16)18/h3-6,11,13,17H,7-10H2,1-2H3. The number of carbonyl (C=O) groups excluding carboxylic acids is 1. The van der Waals surface area contributed by atoms with Gasteiger partial charge >= 0.3 is 0 Å². The van der Waals surface area contributed by atoms with Crippen LogP contribution in [-0.4, -0.2) is 35.2 Å². The number of nitrogens with zero attached hydrogens (tertiary/aromatic N) is 1. The van der Waals surface area contributed by atoms with E-state index in [4.69, 9.17) is 9.84 Å². The number of benzene rings is 1. The van der Waals surface area contributed by atoms with Crippen LogP contribution in [0.3, 0.4) is 0 Å². The van der Waals surface area contributed by atoms with Gasteiger partial charge < -0.3 is 14.7 Å². The van der Waals surface area contributed by atoms with Gasteiger partial charge in [-0.2, -0.15) is 0 Å². The zero-order chi connectivity index (χ0) is 13.8. The van der Waals surface area contributed by atoms with Crippen LogP contribution in [-0.2, 0) is 11.3 Å². The van der Waals surface area contributed by atoms with Crippen molar-refractivity contribution in [1.29, 1.82) is 0 Å². The van der Waals surface area contributed by atoms with E-state index in [0.717, 1.165) is 11.3 Å². The molecule has 0 saturated carbocycles. The van der Waals surface area contributed by atoms with E-state index >= 15 is 0 Å². The van der Waals surface area contributed by atoms with Crippen molar-refractivity contribution in [2.24, 2.45) is 5.92 Å². The molecule has 1 atom stereocenters. The third-order valence-electron chi connectivity index (χ3n) is 3.22. The SMILES string of the molecule is CC(C)Oc1ccc(CN2CC(CO)CC2=O)cc1. The molecule has 0 aliphatic carbocycles. The van der Waals surface area contributed by atoms with E-state index in [1.807, 2.05) is 38.1 Å². The lowest BCUT2D eigenvalue weighted by atomic mass is 10.1. The monoisotopic (exact) mass is 263 g/mol. The topological polar surface area (TPSA) is 49.8 Å². The lowest BCUT2D eigenvalue weighted by molar-refractivity contribution is -0.128. The fourth-order valence-corrected chi connectivity index (χ4v) is 2.30. The van der Waals surface area contributed by atoms with Crippen molar-refractivity contribution in [2.75, 3.05) is 13.2 Å². The highest BCUT2D eigenvalue weighted by Crippen LogP contribution is 2.21. The molecule has 4 heteroatoms. The van der Waals surface area contributed by atoms with E-state index < -0.39 is 0 Å². The highest BCUT2D eigenvalue weighted by Gasteiger charge is 2.28. The van der Waals surface area contributed by atoms with Crippen LogP contribution in [0.25, 0.3) is 0 Å². The van der Waals surface area contributed by atoms with E-state index in [1.54, 1.807) is 4.90 Å². The smallest absolute Gasteiger partial charge is 0.223 e. The van der Waals surface area contributed by atoms with Gasteiger partial charge in [0.2, 0.25) is 5.91 Å². The first kappa shape index (κ1) is 13.9. The van der Waals surface area contributed by atoms with Crippen molar-refractivity contribution in [3.05, 3.63) is 29.8 Å². The summed E-state index contributed by atoms with van der Waals surface area (Å²) >= 11 is 0. The molecular weight excluding hydrogens is 242 g/mol. The Morgan fingerprint density at radius 3 is 2.58 bits per heavy atom. The summed E-state index contributed by atoms with van der Waals surface area (Å²) in [6.45, 7) is 5.33. The van der Waals surface area contributed by atoms with Crippen LogP contribution in [0.5, 0.6) is 5.75 Å². The first-order chi connectivity index (χ1) is 9.08. The molecule has 0 aromatic heterocycles. The third-order valence-corrected chi connectivity index (χ3v) is 3.22. The second-order valence-electron chi connectivity index (χ2n) is 5.34. The van der Waals surface area contributed by atoms with Crippen LogP contribution < -0.4 is 4.74 Å². The molecule has 1 unspecified atom stereocenters. The first-order valence-corrected chi connectivity index (χ1v) is 6.72. The average Bonchev–Trinajstić information content (AvgIpc) is 2.72. The largest absolute Gasteiger partial charge is 0.491 e. The maximum Gasteiger partial charge on any atom is 0.223 e. The Morgan fingerprint density at radius 2 is 2.05 bits per heavy atom. The van der Waals surface area contributed by atoms with Crippen LogP contribution >= 0.6 is 0 Å². The van der Waals surface area contributed by atoms with Crippen molar-refractivity contribution in [2.45, 2.75) is 32.9 Å². The predicted octanol–water partition coefficient (Wildman–Crippen LogP) is 1.81. The highest BCUT2D eigenvalue weighted by molar-refractivity contribution is 5.78. The second-order valence-corrected chi connectivity index (χ2v) is 5.34. The minimum atomic E-state index is 0.0867. The van der Waals surface area contributed by atoms with Gasteiger partial charge in [-0.25, -0.2) is 0 Å². The molecule has 1 fully saturated rings. The number of amides is 1. The van der Waals surface area contributed by atoms with E-state index in [1.165, 1.54) is 0 Å². The van der Waals surface area contributed by atoms with E-state index in [0.29, 0.717) is 19.5 Å². The Balaban J connectivity index is 1.94. The number of likely N-dealkylation sites (tertiary alicyclic amines) is 1. The molecule has 0 radical (unpaired) electrons. The Morgan fingerprint density at radius 1 is 1.37 bits per heavy atom. The molecule has 0 bridgehead atoms. The number of ether oxygens (including phenoxy) is 1. The zero-order valence-corrected chi connectivity index (χ0v) is 11.5. The summed E-state index contributed by atoms with van der Waals surface area (Å²) in [5.41, 5.74) is 1.09. The number of hydrogen-bond donors (Lipinski definition) is 1. The number of aliphatic hydroxyl groups excluding tert-OH is 1. The lowest BCUT2D eigenvalue weighted by Crippen LogP contribution is -2.24. The van der Waals surface area contributed by atoms with E-state index in [9.17, 15) is 4.79 Å². The fraction of sp³-hybridized carbons (Fsp3) is 0.533. The van der Waals surface area contributed by atoms with Gasteiger partial charge in [0.15, 0.2) is 0 Å². The number of rotatable bonds is 5. The molecule has 1 aromatic rings. The summed E-state index contributed by atoms with van der Waals surface area (Å²) in [6.07, 6.45) is 0.627. The predicted molar refractivity (Wildman–Crippen MR) is 72.8 cm³/mol. The minimum Gasteiger partial charge on any atom is -0.491 e. The molecule has 1 saturated heterocycles. The van der Waals surface area contributed by atoms with Gasteiger partial charge in [0, 0.05) is 32.0 Å². The summed E-state index contributed by atoms with van der Waals surface area (Å²) in [5.74, 6) is 1.07.